The van der Waals surface area contributed by atoms with Gasteiger partial charge in [-0.1, -0.05) is 0 Å². The Morgan fingerprint density at radius 1 is 1.60 bits per heavy atom. The number of hydrogen-bond acceptors (Lipinski definition) is 3. The lowest BCUT2D eigenvalue weighted by atomic mass is 10.3. The zero-order chi connectivity index (χ0) is 10.8. The van der Waals surface area contributed by atoms with E-state index >= 15 is 0 Å². The van der Waals surface area contributed by atoms with Crippen molar-refractivity contribution in [3.63, 3.8) is 0 Å². The van der Waals surface area contributed by atoms with Crippen LogP contribution in [0.4, 0.5) is 5.69 Å². The number of nitrogens with one attached hydrogen (secondary N) is 1. The van der Waals surface area contributed by atoms with Crippen molar-refractivity contribution in [1.29, 1.82) is 0 Å². The molecule has 0 radical (unpaired) electrons. The Kier molecular flexibility index (Phi) is 2.29. The van der Waals surface area contributed by atoms with E-state index in [1.54, 1.807) is 30.4 Å². The number of fused-ring (bicyclic) bond motifs is 1. The molecule has 0 amide bonds. The average molecular weight is 205 g/mol. The minimum atomic E-state index is -0.853. The van der Waals surface area contributed by atoms with E-state index in [1.165, 1.54) is 0 Å². The van der Waals surface area contributed by atoms with Crippen LogP contribution in [-0.2, 0) is 4.79 Å². The highest BCUT2D eigenvalue weighted by molar-refractivity contribution is 5.89. The van der Waals surface area contributed by atoms with Gasteiger partial charge in [0.15, 0.2) is 0 Å². The van der Waals surface area contributed by atoms with Crippen molar-refractivity contribution in [1.82, 2.24) is 9.97 Å². The van der Waals surface area contributed by atoms with Gasteiger partial charge < -0.3 is 15.0 Å². The van der Waals surface area contributed by atoms with Crippen LogP contribution in [0.2, 0.25) is 0 Å². The lowest BCUT2D eigenvalue weighted by Crippen LogP contribution is -2.25. The Bertz CT molecular complexity index is 492. The summed E-state index contributed by atoms with van der Waals surface area (Å²) in [4.78, 5) is 19.5. The van der Waals surface area contributed by atoms with Crippen LogP contribution in [0.5, 0.6) is 0 Å². The highest BCUT2D eigenvalue weighted by Gasteiger charge is 2.09. The summed E-state index contributed by atoms with van der Waals surface area (Å²) in [5.74, 6) is -0.853. The zero-order valence-corrected chi connectivity index (χ0v) is 8.27. The molecule has 0 spiro atoms. The van der Waals surface area contributed by atoms with Crippen molar-refractivity contribution >= 4 is 22.7 Å². The van der Waals surface area contributed by atoms with Gasteiger partial charge in [-0.2, -0.15) is 0 Å². The Morgan fingerprint density at radius 3 is 3.13 bits per heavy atom. The van der Waals surface area contributed by atoms with Gasteiger partial charge in [0, 0.05) is 19.4 Å². The van der Waals surface area contributed by atoms with E-state index in [2.05, 4.69) is 9.97 Å². The number of likely N-dealkylation sites (N-methyl/N-ethyl adjacent to an activating group) is 1. The summed E-state index contributed by atoms with van der Waals surface area (Å²) in [7, 11) is 1.74. The predicted octanol–water partition coefficient (Wildman–Crippen LogP) is 1.08. The highest BCUT2D eigenvalue weighted by Crippen LogP contribution is 2.22. The molecule has 0 saturated carbocycles. The van der Waals surface area contributed by atoms with Crippen LogP contribution in [0.25, 0.3) is 11.0 Å². The van der Waals surface area contributed by atoms with Crippen LogP contribution in [0.15, 0.2) is 24.5 Å². The largest absolute Gasteiger partial charge is 0.480 e. The summed E-state index contributed by atoms with van der Waals surface area (Å²) in [5, 5.41) is 8.70. The van der Waals surface area contributed by atoms with Crippen molar-refractivity contribution in [2.75, 3.05) is 18.5 Å². The molecule has 0 bridgehead atoms. The van der Waals surface area contributed by atoms with Crippen LogP contribution in [0.1, 0.15) is 0 Å². The Hall–Kier alpha value is -2.04. The van der Waals surface area contributed by atoms with Crippen molar-refractivity contribution in [3.8, 4) is 0 Å². The van der Waals surface area contributed by atoms with Crippen molar-refractivity contribution < 1.29 is 9.90 Å². The summed E-state index contributed by atoms with van der Waals surface area (Å²) in [6.45, 7) is -0.0296. The van der Waals surface area contributed by atoms with Gasteiger partial charge in [0.1, 0.15) is 6.54 Å². The molecule has 2 rings (SSSR count). The zero-order valence-electron chi connectivity index (χ0n) is 8.27. The van der Waals surface area contributed by atoms with Gasteiger partial charge in [0.2, 0.25) is 0 Å². The van der Waals surface area contributed by atoms with Crippen LogP contribution in [0.3, 0.4) is 0 Å². The van der Waals surface area contributed by atoms with Gasteiger partial charge in [-0.05, 0) is 12.1 Å². The molecule has 2 aromatic heterocycles. The molecule has 0 atom stereocenters. The fraction of sp³-hybridized carbons (Fsp3) is 0.200. The number of hydrogen-bond donors (Lipinski definition) is 2. The molecule has 5 heteroatoms. The SMILES string of the molecule is CN(CC(=O)O)c1ccnc2cc[nH]c12. The fourth-order valence-electron chi connectivity index (χ4n) is 1.55. The Morgan fingerprint density at radius 2 is 2.40 bits per heavy atom. The van der Waals surface area contributed by atoms with E-state index in [0.717, 1.165) is 16.7 Å². The number of aliphatic carboxylic acids is 1. The molecule has 2 heterocycles. The third kappa shape index (κ3) is 1.76. The van der Waals surface area contributed by atoms with Crippen LogP contribution in [-0.4, -0.2) is 34.6 Å². The lowest BCUT2D eigenvalue weighted by molar-refractivity contribution is -0.135. The molecule has 5 nitrogen and oxygen atoms in total. The predicted molar refractivity (Wildman–Crippen MR) is 57.0 cm³/mol. The quantitative estimate of drug-likeness (QED) is 0.786. The standard InChI is InChI=1S/C10H11N3O2/c1-13(6-9(14)15)8-3-5-11-7-2-4-12-10(7)8/h2-5,12H,6H2,1H3,(H,14,15). The second-order valence-corrected chi connectivity index (χ2v) is 3.32. The number of carboxylic acids is 1. The van der Waals surface area contributed by atoms with E-state index in [4.69, 9.17) is 5.11 Å². The highest BCUT2D eigenvalue weighted by atomic mass is 16.4. The first-order valence-corrected chi connectivity index (χ1v) is 4.53. The van der Waals surface area contributed by atoms with Gasteiger partial charge in [0.25, 0.3) is 0 Å². The maximum Gasteiger partial charge on any atom is 0.323 e. The average Bonchev–Trinajstić information content (AvgIpc) is 2.63. The molecule has 0 fully saturated rings. The summed E-state index contributed by atoms with van der Waals surface area (Å²) < 4.78 is 0. The van der Waals surface area contributed by atoms with Crippen molar-refractivity contribution in [2.24, 2.45) is 0 Å². The number of rotatable bonds is 3. The van der Waals surface area contributed by atoms with Gasteiger partial charge >= 0.3 is 5.97 Å². The Labute approximate surface area is 86.4 Å². The summed E-state index contributed by atoms with van der Waals surface area (Å²) in [6.07, 6.45) is 3.46. The monoisotopic (exact) mass is 205 g/mol. The number of aromatic nitrogens is 2. The second-order valence-electron chi connectivity index (χ2n) is 3.32. The molecule has 15 heavy (non-hydrogen) atoms. The number of anilines is 1. The Balaban J connectivity index is 2.42. The number of aromatic amines is 1. The first-order chi connectivity index (χ1) is 7.18. The van der Waals surface area contributed by atoms with Crippen LogP contribution in [0, 0.1) is 0 Å². The molecule has 2 aromatic rings. The van der Waals surface area contributed by atoms with E-state index in [1.807, 2.05) is 6.07 Å². The third-order valence-electron chi connectivity index (χ3n) is 2.21. The number of H-pyrrole nitrogens is 1. The van der Waals surface area contributed by atoms with Gasteiger partial charge in [-0.25, -0.2) is 0 Å². The fourth-order valence-corrected chi connectivity index (χ4v) is 1.55. The van der Waals surface area contributed by atoms with Gasteiger partial charge in [-0.3, -0.25) is 9.78 Å². The summed E-state index contributed by atoms with van der Waals surface area (Å²) in [5.41, 5.74) is 2.54. The molecule has 0 unspecified atom stereocenters. The lowest BCUT2D eigenvalue weighted by Gasteiger charge is -2.16. The minimum Gasteiger partial charge on any atom is -0.480 e. The van der Waals surface area contributed by atoms with E-state index in [-0.39, 0.29) is 6.54 Å². The van der Waals surface area contributed by atoms with E-state index in [0.29, 0.717) is 0 Å². The molecule has 0 aliphatic carbocycles. The summed E-state index contributed by atoms with van der Waals surface area (Å²) in [6, 6.07) is 3.65. The molecule has 0 aliphatic rings. The van der Waals surface area contributed by atoms with Crippen molar-refractivity contribution in [2.45, 2.75) is 0 Å². The smallest absolute Gasteiger partial charge is 0.323 e. The molecule has 78 valence electrons. The molecular formula is C10H11N3O2. The molecule has 0 aliphatic heterocycles. The maximum atomic E-state index is 10.6. The minimum absolute atomic E-state index is 0.0296. The van der Waals surface area contributed by atoms with E-state index < -0.39 is 5.97 Å². The molecule has 0 saturated heterocycles. The van der Waals surface area contributed by atoms with Gasteiger partial charge in [0.05, 0.1) is 16.7 Å². The first-order valence-electron chi connectivity index (χ1n) is 4.53. The van der Waals surface area contributed by atoms with Crippen molar-refractivity contribution in [3.05, 3.63) is 24.5 Å². The number of carboxylic acid groups (broad SMARTS) is 1. The maximum absolute atomic E-state index is 10.6. The second kappa shape index (κ2) is 3.61. The van der Waals surface area contributed by atoms with Crippen LogP contribution < -0.4 is 4.90 Å². The molecule has 2 N–H and O–H groups in total. The van der Waals surface area contributed by atoms with Gasteiger partial charge in [-0.15, -0.1) is 0 Å². The topological polar surface area (TPSA) is 69.2 Å². The number of carbonyl (C=O) groups is 1. The molecule has 0 aromatic carbocycles. The summed E-state index contributed by atoms with van der Waals surface area (Å²) >= 11 is 0. The van der Waals surface area contributed by atoms with E-state index in [9.17, 15) is 4.79 Å². The third-order valence-corrected chi connectivity index (χ3v) is 2.21. The number of nitrogens with zero attached hydrogens (tertiary/aromatic N) is 2. The molecular weight excluding hydrogens is 194 g/mol. The number of pyridine rings is 1. The normalized spacial score (nSPS) is 10.5. The van der Waals surface area contributed by atoms with Crippen LogP contribution >= 0.6 is 0 Å². The first kappa shape index (κ1) is 9.51.